The van der Waals surface area contributed by atoms with E-state index in [0.29, 0.717) is 16.0 Å². The molecule has 23 heavy (non-hydrogen) atoms. The van der Waals surface area contributed by atoms with Crippen molar-refractivity contribution in [3.8, 4) is 11.3 Å². The first-order chi connectivity index (χ1) is 11.2. The van der Waals surface area contributed by atoms with Crippen molar-refractivity contribution in [2.75, 3.05) is 0 Å². The predicted molar refractivity (Wildman–Crippen MR) is 96.6 cm³/mol. The van der Waals surface area contributed by atoms with Crippen LogP contribution in [0.5, 0.6) is 0 Å². The zero-order valence-electron chi connectivity index (χ0n) is 11.5. The van der Waals surface area contributed by atoms with Crippen LogP contribution in [0.25, 0.3) is 21.5 Å². The second-order valence-electron chi connectivity index (χ2n) is 4.59. The predicted octanol–water partition coefficient (Wildman–Crippen LogP) is 4.42. The molecule has 0 aliphatic rings. The van der Waals surface area contributed by atoms with Gasteiger partial charge in [0.25, 0.3) is 5.56 Å². The molecule has 0 N–H and O–H groups in total. The summed E-state index contributed by atoms with van der Waals surface area (Å²) >= 11 is 6.35. The second-order valence-corrected chi connectivity index (χ2v) is 7.94. The van der Waals surface area contributed by atoms with E-state index < -0.39 is 0 Å². The smallest absolute Gasteiger partial charge is 0.283 e. The summed E-state index contributed by atoms with van der Waals surface area (Å²) < 4.78 is 7.66. The van der Waals surface area contributed by atoms with E-state index in [0.717, 1.165) is 14.2 Å². The monoisotopic (exact) mass is 405 g/mol. The van der Waals surface area contributed by atoms with Gasteiger partial charge in [-0.25, -0.2) is 4.98 Å². The Morgan fingerprint density at radius 2 is 2.26 bits per heavy atom. The Kier molecular flexibility index (Phi) is 3.72. The number of hydrogen-bond donors (Lipinski definition) is 0. The summed E-state index contributed by atoms with van der Waals surface area (Å²) in [6.45, 7) is 0. The zero-order valence-corrected chi connectivity index (χ0v) is 14.7. The molecule has 0 amide bonds. The van der Waals surface area contributed by atoms with Gasteiger partial charge < -0.3 is 4.42 Å². The summed E-state index contributed by atoms with van der Waals surface area (Å²) in [5.74, 6) is 0.652. The maximum atomic E-state index is 12.7. The lowest BCUT2D eigenvalue weighted by atomic mass is 10.2. The fourth-order valence-electron chi connectivity index (χ4n) is 2.14. The van der Waals surface area contributed by atoms with Crippen molar-refractivity contribution in [2.45, 2.75) is 0 Å². The molecular formula is C15H8BrN3O2S2. The minimum Gasteiger partial charge on any atom is -0.464 e. The van der Waals surface area contributed by atoms with Crippen LogP contribution in [0.1, 0.15) is 4.88 Å². The molecule has 114 valence electrons. The molecule has 0 unspecified atom stereocenters. The van der Waals surface area contributed by atoms with Gasteiger partial charge in [0.1, 0.15) is 16.9 Å². The standard InChI is InChI=1S/C15H8BrN3O2S2/c16-12-4-3-9(23-12)6-18-19-8-17-14-13(15(19)20)10(7-22-14)11-2-1-5-21-11/h1-8H/b18-6-. The van der Waals surface area contributed by atoms with Crippen LogP contribution in [0.15, 0.2) is 60.3 Å². The van der Waals surface area contributed by atoms with E-state index in [1.807, 2.05) is 23.6 Å². The highest BCUT2D eigenvalue weighted by atomic mass is 79.9. The molecule has 4 rings (SSSR count). The van der Waals surface area contributed by atoms with Crippen molar-refractivity contribution in [1.82, 2.24) is 9.66 Å². The van der Waals surface area contributed by atoms with Crippen molar-refractivity contribution in [2.24, 2.45) is 5.10 Å². The van der Waals surface area contributed by atoms with Crippen molar-refractivity contribution in [3.63, 3.8) is 0 Å². The number of fused-ring (bicyclic) bond motifs is 1. The first-order valence-electron chi connectivity index (χ1n) is 6.55. The Morgan fingerprint density at radius 1 is 1.35 bits per heavy atom. The van der Waals surface area contributed by atoms with Crippen LogP contribution in [0.4, 0.5) is 0 Å². The third-order valence-electron chi connectivity index (χ3n) is 3.17. The maximum Gasteiger partial charge on any atom is 0.283 e. The van der Waals surface area contributed by atoms with Gasteiger partial charge in [-0.05, 0) is 40.2 Å². The van der Waals surface area contributed by atoms with E-state index in [1.54, 1.807) is 18.5 Å². The number of aromatic nitrogens is 2. The van der Waals surface area contributed by atoms with Crippen LogP contribution < -0.4 is 5.56 Å². The normalized spacial score (nSPS) is 11.7. The highest BCUT2D eigenvalue weighted by molar-refractivity contribution is 9.11. The molecule has 4 aromatic rings. The highest BCUT2D eigenvalue weighted by Crippen LogP contribution is 2.30. The van der Waals surface area contributed by atoms with E-state index >= 15 is 0 Å². The number of halogens is 1. The molecule has 0 bridgehead atoms. The van der Waals surface area contributed by atoms with E-state index in [2.05, 4.69) is 26.0 Å². The number of rotatable bonds is 3. The van der Waals surface area contributed by atoms with Gasteiger partial charge in [-0.15, -0.1) is 22.7 Å². The van der Waals surface area contributed by atoms with Gasteiger partial charge in [0, 0.05) is 15.8 Å². The van der Waals surface area contributed by atoms with Gasteiger partial charge in [-0.1, -0.05) is 0 Å². The second kappa shape index (κ2) is 5.88. The lowest BCUT2D eigenvalue weighted by Crippen LogP contribution is -2.16. The van der Waals surface area contributed by atoms with Gasteiger partial charge in [0.2, 0.25) is 0 Å². The lowest BCUT2D eigenvalue weighted by Gasteiger charge is -1.98. The molecule has 0 radical (unpaired) electrons. The zero-order chi connectivity index (χ0) is 15.8. The molecule has 0 aromatic carbocycles. The summed E-state index contributed by atoms with van der Waals surface area (Å²) in [6.07, 6.45) is 4.66. The minimum atomic E-state index is -0.213. The molecule has 0 spiro atoms. The van der Waals surface area contributed by atoms with Crippen LogP contribution in [0.2, 0.25) is 0 Å². The Labute approximate surface area is 146 Å². The molecule has 0 aliphatic heterocycles. The van der Waals surface area contributed by atoms with E-state index in [4.69, 9.17) is 4.42 Å². The number of hydrogen-bond acceptors (Lipinski definition) is 6. The molecule has 4 heterocycles. The first kappa shape index (κ1) is 14.6. The van der Waals surface area contributed by atoms with Gasteiger partial charge in [-0.3, -0.25) is 4.79 Å². The third kappa shape index (κ3) is 2.69. The lowest BCUT2D eigenvalue weighted by molar-refractivity contribution is 0.583. The molecule has 5 nitrogen and oxygen atoms in total. The quantitative estimate of drug-likeness (QED) is 0.473. The van der Waals surface area contributed by atoms with Crippen molar-refractivity contribution in [3.05, 3.63) is 61.3 Å². The van der Waals surface area contributed by atoms with Gasteiger partial charge in [0.05, 0.1) is 21.7 Å². The van der Waals surface area contributed by atoms with E-state index in [1.165, 1.54) is 33.7 Å². The Bertz CT molecular complexity index is 1060. The number of thiophene rings is 2. The van der Waals surface area contributed by atoms with Gasteiger partial charge >= 0.3 is 0 Å². The fourth-order valence-corrected chi connectivity index (χ4v) is 4.31. The molecule has 0 atom stereocenters. The minimum absolute atomic E-state index is 0.213. The summed E-state index contributed by atoms with van der Waals surface area (Å²) in [5.41, 5.74) is 0.533. The molecule has 0 saturated heterocycles. The van der Waals surface area contributed by atoms with Crippen molar-refractivity contribution >= 4 is 55.0 Å². The summed E-state index contributed by atoms with van der Waals surface area (Å²) in [7, 11) is 0. The first-order valence-corrected chi connectivity index (χ1v) is 9.04. The van der Waals surface area contributed by atoms with Crippen LogP contribution in [0, 0.1) is 0 Å². The molecule has 0 aliphatic carbocycles. The summed E-state index contributed by atoms with van der Waals surface area (Å²) in [5, 5.41) is 6.62. The SMILES string of the molecule is O=c1c2c(-c3ccco3)csc2ncn1/N=C\c1ccc(Br)s1. The molecule has 0 fully saturated rings. The third-order valence-corrected chi connectivity index (χ3v) is 5.61. The average molecular weight is 406 g/mol. The largest absolute Gasteiger partial charge is 0.464 e. The average Bonchev–Trinajstić information content (AvgIpc) is 3.26. The van der Waals surface area contributed by atoms with Crippen molar-refractivity contribution < 1.29 is 4.42 Å². The topological polar surface area (TPSA) is 60.4 Å². The molecule has 4 aromatic heterocycles. The number of furan rings is 1. The van der Waals surface area contributed by atoms with Gasteiger partial charge in [-0.2, -0.15) is 9.78 Å². The fraction of sp³-hybridized carbons (Fsp3) is 0. The van der Waals surface area contributed by atoms with Crippen LogP contribution in [-0.4, -0.2) is 15.9 Å². The summed E-state index contributed by atoms with van der Waals surface area (Å²) in [6, 6.07) is 7.48. The molecule has 8 heteroatoms. The van der Waals surface area contributed by atoms with Crippen LogP contribution in [-0.2, 0) is 0 Å². The van der Waals surface area contributed by atoms with Gasteiger partial charge in [0.15, 0.2) is 0 Å². The molecular weight excluding hydrogens is 398 g/mol. The van der Waals surface area contributed by atoms with E-state index in [9.17, 15) is 4.79 Å². The Morgan fingerprint density at radius 3 is 3.00 bits per heavy atom. The summed E-state index contributed by atoms with van der Waals surface area (Å²) in [4.78, 5) is 18.6. The highest BCUT2D eigenvalue weighted by Gasteiger charge is 2.14. The Hall–Kier alpha value is -2.03. The maximum absolute atomic E-state index is 12.7. The van der Waals surface area contributed by atoms with E-state index in [-0.39, 0.29) is 5.56 Å². The van der Waals surface area contributed by atoms with Crippen molar-refractivity contribution in [1.29, 1.82) is 0 Å². The van der Waals surface area contributed by atoms with Crippen LogP contribution in [0.3, 0.4) is 0 Å². The van der Waals surface area contributed by atoms with Crippen LogP contribution >= 0.6 is 38.6 Å². The number of nitrogens with zero attached hydrogens (tertiary/aromatic N) is 3. The molecule has 0 saturated carbocycles. The Balaban J connectivity index is 1.83.